The van der Waals surface area contributed by atoms with Gasteiger partial charge < -0.3 is 33.1 Å². The lowest BCUT2D eigenvalue weighted by Crippen LogP contribution is -2.30. The molecule has 10 N–H and O–H groups in total. The summed E-state index contributed by atoms with van der Waals surface area (Å²) in [6, 6.07) is -0.0231. The Kier molecular flexibility index (Phi) is 13.8. The van der Waals surface area contributed by atoms with Gasteiger partial charge in [0, 0.05) is 32.3 Å². The summed E-state index contributed by atoms with van der Waals surface area (Å²) >= 11 is 0. The normalized spacial score (nSPS) is 12.2. The molecule has 82 valence electrons. The second kappa shape index (κ2) is 11.8. The van der Waals surface area contributed by atoms with Crippen LogP contribution in [0.3, 0.4) is 0 Å². The molecule has 0 heterocycles. The minimum atomic E-state index is -0.509. The van der Waals surface area contributed by atoms with Crippen LogP contribution in [-0.2, 0) is 0 Å². The number of rotatable bonds is 5. The highest BCUT2D eigenvalue weighted by atomic mass is 16.3. The highest BCUT2D eigenvalue weighted by Gasteiger charge is 1.94. The fourth-order valence-electron chi connectivity index (χ4n) is 0.380. The zero-order chi connectivity index (χ0) is 10.7. The van der Waals surface area contributed by atoms with E-state index in [1.165, 1.54) is 0 Å². The highest BCUT2D eigenvalue weighted by molar-refractivity contribution is 4.58. The topological polar surface area (TPSA) is 145 Å². The van der Waals surface area contributed by atoms with Crippen LogP contribution in [0.1, 0.15) is 6.42 Å². The van der Waals surface area contributed by atoms with Crippen LogP contribution in [0.15, 0.2) is 0 Å². The van der Waals surface area contributed by atoms with Gasteiger partial charge in [0.25, 0.3) is 0 Å². The van der Waals surface area contributed by atoms with E-state index in [0.717, 1.165) is 0 Å². The van der Waals surface area contributed by atoms with Gasteiger partial charge in [0.2, 0.25) is 0 Å². The van der Waals surface area contributed by atoms with Crippen molar-refractivity contribution < 1.29 is 10.2 Å². The van der Waals surface area contributed by atoms with Gasteiger partial charge in [-0.05, 0) is 6.42 Å². The predicted molar refractivity (Wildman–Crippen MR) is 52.8 cm³/mol. The summed E-state index contributed by atoms with van der Waals surface area (Å²) in [6.07, 6.45) is 0.0984. The van der Waals surface area contributed by atoms with E-state index in [9.17, 15) is 0 Å². The lowest BCUT2D eigenvalue weighted by Gasteiger charge is -2.02. The molecule has 13 heavy (non-hydrogen) atoms. The van der Waals surface area contributed by atoms with Gasteiger partial charge in [0.05, 0.1) is 6.10 Å². The van der Waals surface area contributed by atoms with Crippen molar-refractivity contribution in [1.29, 1.82) is 0 Å². The molecule has 0 aromatic carbocycles. The molecule has 0 aromatic heterocycles. The van der Waals surface area contributed by atoms with E-state index in [0.29, 0.717) is 13.0 Å². The Morgan fingerprint density at radius 2 is 1.46 bits per heavy atom. The van der Waals surface area contributed by atoms with E-state index in [1.54, 1.807) is 0 Å². The number of hydrogen-bond donors (Lipinski definition) is 6. The molecular weight excluding hydrogens is 172 g/mol. The van der Waals surface area contributed by atoms with Crippen molar-refractivity contribution in [3.63, 3.8) is 0 Å². The number of hydrogen-bond acceptors (Lipinski definition) is 6. The van der Waals surface area contributed by atoms with Crippen LogP contribution in [-0.4, -0.2) is 48.6 Å². The average Bonchev–Trinajstić information content (AvgIpc) is 2.18. The van der Waals surface area contributed by atoms with Gasteiger partial charge >= 0.3 is 0 Å². The van der Waals surface area contributed by atoms with Crippen LogP contribution < -0.4 is 22.9 Å². The molecule has 6 nitrogen and oxygen atoms in total. The average molecular weight is 194 g/mol. The molecule has 0 radical (unpaired) electrons. The summed E-state index contributed by atoms with van der Waals surface area (Å²) in [5.74, 6) is 0. The highest BCUT2D eigenvalue weighted by Crippen LogP contribution is 1.79. The predicted octanol–water partition coefficient (Wildman–Crippen LogP) is -3.08. The van der Waals surface area contributed by atoms with Gasteiger partial charge in [0.15, 0.2) is 0 Å². The zero-order valence-electron chi connectivity index (χ0n) is 7.89. The summed E-state index contributed by atoms with van der Waals surface area (Å²) in [7, 11) is 0. The molecule has 0 aliphatic carbocycles. The maximum atomic E-state index is 8.42. The van der Waals surface area contributed by atoms with Gasteiger partial charge in [0.1, 0.15) is 0 Å². The lowest BCUT2D eigenvalue weighted by atomic mass is 10.2. The zero-order valence-corrected chi connectivity index (χ0v) is 7.89. The van der Waals surface area contributed by atoms with E-state index >= 15 is 0 Å². The molecule has 0 aliphatic heterocycles. The van der Waals surface area contributed by atoms with Crippen LogP contribution in [0.25, 0.3) is 0 Å². The summed E-state index contributed by atoms with van der Waals surface area (Å²) in [5.41, 5.74) is 20.3. The van der Waals surface area contributed by atoms with Crippen molar-refractivity contribution in [3.8, 4) is 0 Å². The first-order valence-corrected chi connectivity index (χ1v) is 4.27. The third kappa shape index (κ3) is 14.6. The number of aliphatic hydroxyl groups is 2. The van der Waals surface area contributed by atoms with Gasteiger partial charge in [-0.25, -0.2) is 0 Å². The second-order valence-corrected chi connectivity index (χ2v) is 2.63. The van der Waals surface area contributed by atoms with Crippen LogP contribution in [0, 0.1) is 0 Å². The molecule has 0 saturated heterocycles. The molecule has 6 heteroatoms. The Morgan fingerprint density at radius 3 is 1.54 bits per heavy atom. The van der Waals surface area contributed by atoms with Crippen molar-refractivity contribution >= 4 is 0 Å². The van der Waals surface area contributed by atoms with Gasteiger partial charge in [-0.15, -0.1) is 0 Å². The molecule has 0 rings (SSSR count). The molecule has 0 amide bonds. The Bertz CT molecular complexity index is 90.6. The minimum Gasteiger partial charge on any atom is -0.396 e. The molecule has 1 atom stereocenters. The Hall–Kier alpha value is -0.240. The van der Waals surface area contributed by atoms with Crippen molar-refractivity contribution in [2.75, 3.05) is 26.2 Å². The monoisotopic (exact) mass is 194 g/mol. The summed E-state index contributed by atoms with van der Waals surface area (Å²) in [5, 5.41) is 16.6. The van der Waals surface area contributed by atoms with Crippen molar-refractivity contribution in [1.82, 2.24) is 0 Å². The van der Waals surface area contributed by atoms with Gasteiger partial charge in [-0.1, -0.05) is 0 Å². The van der Waals surface area contributed by atoms with E-state index in [1.807, 2.05) is 0 Å². The maximum Gasteiger partial charge on any atom is 0.0784 e. The Morgan fingerprint density at radius 1 is 1.00 bits per heavy atom. The molecule has 0 spiro atoms. The van der Waals surface area contributed by atoms with E-state index in [4.69, 9.17) is 33.1 Å². The third-order valence-corrected chi connectivity index (χ3v) is 1.35. The fraction of sp³-hybridized carbons (Fsp3) is 1.00. The molecule has 0 bridgehead atoms. The molecule has 0 fully saturated rings. The fourth-order valence-corrected chi connectivity index (χ4v) is 0.380. The standard InChI is InChI=1S/C4H12N2O.C3H10N2O/c5-3-4(6)1-2-7;4-1-3(6)2-5/h4,7H,1-3,5-6H2;3,6H,1-2,4-5H2. The number of aliphatic hydroxyl groups excluding tert-OH is 2. The largest absolute Gasteiger partial charge is 0.396 e. The Balaban J connectivity index is 0. The summed E-state index contributed by atoms with van der Waals surface area (Å²) in [4.78, 5) is 0. The first-order chi connectivity index (χ1) is 6.12. The maximum absolute atomic E-state index is 8.42. The minimum absolute atomic E-state index is 0.0231. The van der Waals surface area contributed by atoms with Crippen molar-refractivity contribution in [2.45, 2.75) is 18.6 Å². The van der Waals surface area contributed by atoms with E-state index in [2.05, 4.69) is 0 Å². The smallest absolute Gasteiger partial charge is 0.0784 e. The molecule has 0 aliphatic rings. The first kappa shape index (κ1) is 15.2. The van der Waals surface area contributed by atoms with Gasteiger partial charge in [-0.2, -0.15) is 0 Å². The first-order valence-electron chi connectivity index (χ1n) is 4.27. The van der Waals surface area contributed by atoms with Crippen molar-refractivity contribution in [3.05, 3.63) is 0 Å². The quantitative estimate of drug-likeness (QED) is 0.274. The van der Waals surface area contributed by atoms with Crippen molar-refractivity contribution in [2.24, 2.45) is 22.9 Å². The SMILES string of the molecule is NCC(N)CCO.NCC(O)CN. The molecular formula is C7H22N4O2. The van der Waals surface area contributed by atoms with E-state index in [-0.39, 0.29) is 25.7 Å². The summed E-state index contributed by atoms with van der Waals surface area (Å²) < 4.78 is 0. The molecule has 1 unspecified atom stereocenters. The lowest BCUT2D eigenvalue weighted by molar-refractivity contribution is 0.191. The molecule has 0 aromatic rings. The van der Waals surface area contributed by atoms with Crippen LogP contribution in [0.5, 0.6) is 0 Å². The number of nitrogens with two attached hydrogens (primary N) is 4. The van der Waals surface area contributed by atoms with Crippen LogP contribution in [0.4, 0.5) is 0 Å². The second-order valence-electron chi connectivity index (χ2n) is 2.63. The van der Waals surface area contributed by atoms with Crippen LogP contribution >= 0.6 is 0 Å². The third-order valence-electron chi connectivity index (χ3n) is 1.35. The van der Waals surface area contributed by atoms with Gasteiger partial charge in [-0.3, -0.25) is 0 Å². The summed E-state index contributed by atoms with van der Waals surface area (Å²) in [6.45, 7) is 1.12. The van der Waals surface area contributed by atoms with Crippen LogP contribution in [0.2, 0.25) is 0 Å². The molecule has 0 saturated carbocycles. The Labute approximate surface area is 78.9 Å². The van der Waals surface area contributed by atoms with E-state index < -0.39 is 6.10 Å².